The Morgan fingerprint density at radius 3 is 2.20 bits per heavy atom. The van der Waals surface area contributed by atoms with Crippen molar-refractivity contribution in [1.82, 2.24) is 4.90 Å². The first-order valence-corrected chi connectivity index (χ1v) is 4.61. The Hall–Kier alpha value is -2.04. The predicted molar refractivity (Wildman–Crippen MR) is 55.6 cm³/mol. The third-order valence-corrected chi connectivity index (χ3v) is 2.20. The van der Waals surface area contributed by atoms with E-state index in [0.29, 0.717) is 5.84 Å². The van der Waals surface area contributed by atoms with Crippen molar-refractivity contribution in [2.75, 3.05) is 13.1 Å². The van der Waals surface area contributed by atoms with Crippen LogP contribution in [0.4, 0.5) is 0 Å². The maximum atomic E-state index is 8.93. The number of amidine groups is 1. The zero-order chi connectivity index (χ0) is 10.7. The van der Waals surface area contributed by atoms with E-state index >= 15 is 0 Å². The molecule has 1 fully saturated rings. The van der Waals surface area contributed by atoms with E-state index in [1.807, 2.05) is 23.1 Å². The molecule has 5 nitrogen and oxygen atoms in total. The lowest BCUT2D eigenvalue weighted by Crippen LogP contribution is -2.23. The molecule has 1 aliphatic rings. The summed E-state index contributed by atoms with van der Waals surface area (Å²) in [5.74, 6) is 0.309. The zero-order valence-electron chi connectivity index (χ0n) is 8.04. The highest BCUT2D eigenvalue weighted by Gasteiger charge is 2.28. The van der Waals surface area contributed by atoms with Crippen LogP contribution in [-0.2, 0) is 0 Å². The molecule has 0 aromatic heterocycles. The van der Waals surface area contributed by atoms with Gasteiger partial charge in [0, 0.05) is 18.7 Å². The Morgan fingerprint density at radius 2 is 1.73 bits per heavy atom. The van der Waals surface area contributed by atoms with E-state index < -0.39 is 0 Å². The molecule has 1 aliphatic heterocycles. The van der Waals surface area contributed by atoms with Crippen LogP contribution in [0.15, 0.2) is 40.6 Å². The van der Waals surface area contributed by atoms with Gasteiger partial charge in [-0.25, -0.2) is 0 Å². The Kier molecular flexibility index (Phi) is 2.53. The van der Waals surface area contributed by atoms with Crippen LogP contribution in [0.3, 0.4) is 0 Å². The second-order valence-electron chi connectivity index (χ2n) is 3.23. The summed E-state index contributed by atoms with van der Waals surface area (Å²) in [6.07, 6.45) is 0. The smallest absolute Gasteiger partial charge is 0.198 e. The second-order valence-corrected chi connectivity index (χ2v) is 3.23. The molecular formula is C10H11N3O2. The van der Waals surface area contributed by atoms with Gasteiger partial charge < -0.3 is 15.3 Å². The molecule has 1 aromatic carbocycles. The first-order valence-electron chi connectivity index (χ1n) is 4.61. The number of rotatable bonds is 2. The quantitative estimate of drug-likeness (QED) is 0.248. The van der Waals surface area contributed by atoms with Crippen molar-refractivity contribution in [3.63, 3.8) is 0 Å². The van der Waals surface area contributed by atoms with Crippen LogP contribution in [0.25, 0.3) is 0 Å². The van der Waals surface area contributed by atoms with Gasteiger partial charge in [-0.3, -0.25) is 0 Å². The maximum absolute atomic E-state index is 8.93. The first-order chi connectivity index (χ1) is 7.36. The van der Waals surface area contributed by atoms with E-state index in [0.717, 1.165) is 18.7 Å². The van der Waals surface area contributed by atoms with Crippen LogP contribution in [0.5, 0.6) is 0 Å². The normalized spacial score (nSPS) is 16.7. The molecule has 0 unspecified atom stereocenters. The van der Waals surface area contributed by atoms with Gasteiger partial charge in [-0.1, -0.05) is 40.6 Å². The monoisotopic (exact) mass is 205 g/mol. The number of hydrogen-bond donors (Lipinski definition) is 2. The SMILES string of the molecule is O/N=C(\C(=N\O)N1CC1)c1ccccc1. The Bertz CT molecular complexity index is 396. The summed E-state index contributed by atoms with van der Waals surface area (Å²) < 4.78 is 0. The van der Waals surface area contributed by atoms with Gasteiger partial charge in [0.05, 0.1) is 0 Å². The maximum Gasteiger partial charge on any atom is 0.198 e. The van der Waals surface area contributed by atoms with Gasteiger partial charge in [0.25, 0.3) is 0 Å². The van der Waals surface area contributed by atoms with Gasteiger partial charge in [0.2, 0.25) is 0 Å². The molecule has 78 valence electrons. The van der Waals surface area contributed by atoms with Crippen LogP contribution in [-0.4, -0.2) is 40.0 Å². The molecule has 0 amide bonds. The Labute approximate surface area is 86.9 Å². The second kappa shape index (κ2) is 4.00. The van der Waals surface area contributed by atoms with Crippen LogP contribution >= 0.6 is 0 Å². The summed E-state index contributed by atoms with van der Waals surface area (Å²) in [5, 5.41) is 24.1. The molecule has 2 rings (SSSR count). The molecule has 0 bridgehead atoms. The minimum Gasteiger partial charge on any atom is -0.410 e. The summed E-state index contributed by atoms with van der Waals surface area (Å²) in [7, 11) is 0. The van der Waals surface area contributed by atoms with Gasteiger partial charge in [0.15, 0.2) is 11.5 Å². The minimum absolute atomic E-state index is 0.288. The van der Waals surface area contributed by atoms with Crippen LogP contribution < -0.4 is 0 Å². The van der Waals surface area contributed by atoms with Crippen molar-refractivity contribution in [2.45, 2.75) is 0 Å². The molecular weight excluding hydrogens is 194 g/mol. The number of benzene rings is 1. The highest BCUT2D eigenvalue weighted by Crippen LogP contribution is 2.11. The highest BCUT2D eigenvalue weighted by atomic mass is 16.4. The third kappa shape index (κ3) is 1.90. The summed E-state index contributed by atoms with van der Waals surface area (Å²) in [6.45, 7) is 1.65. The molecule has 15 heavy (non-hydrogen) atoms. The molecule has 1 heterocycles. The molecule has 0 aliphatic carbocycles. The van der Waals surface area contributed by atoms with Crippen LogP contribution in [0.2, 0.25) is 0 Å². The molecule has 1 aromatic rings. The van der Waals surface area contributed by atoms with E-state index in [2.05, 4.69) is 10.3 Å². The highest BCUT2D eigenvalue weighted by molar-refractivity contribution is 6.47. The Morgan fingerprint density at radius 1 is 1.07 bits per heavy atom. The van der Waals surface area contributed by atoms with Crippen molar-refractivity contribution in [1.29, 1.82) is 0 Å². The molecule has 2 N–H and O–H groups in total. The summed E-state index contributed by atoms with van der Waals surface area (Å²) in [5.41, 5.74) is 1.01. The fraction of sp³-hybridized carbons (Fsp3) is 0.200. The van der Waals surface area contributed by atoms with Crippen molar-refractivity contribution >= 4 is 11.5 Å². The number of nitrogens with zero attached hydrogens (tertiary/aromatic N) is 3. The number of oxime groups is 2. The largest absolute Gasteiger partial charge is 0.410 e. The fourth-order valence-corrected chi connectivity index (χ4v) is 1.35. The Balaban J connectivity index is 2.32. The lowest BCUT2D eigenvalue weighted by molar-refractivity contribution is 0.310. The molecule has 0 atom stereocenters. The molecule has 1 saturated heterocycles. The summed E-state index contributed by atoms with van der Waals surface area (Å²) in [6, 6.07) is 9.12. The van der Waals surface area contributed by atoms with Gasteiger partial charge in [-0.05, 0) is 0 Å². The van der Waals surface area contributed by atoms with Gasteiger partial charge in [0.1, 0.15) is 0 Å². The van der Waals surface area contributed by atoms with Crippen LogP contribution in [0, 0.1) is 0 Å². The van der Waals surface area contributed by atoms with Gasteiger partial charge >= 0.3 is 0 Å². The fourth-order valence-electron chi connectivity index (χ4n) is 1.35. The molecule has 0 spiro atoms. The summed E-state index contributed by atoms with van der Waals surface area (Å²) >= 11 is 0. The van der Waals surface area contributed by atoms with Crippen molar-refractivity contribution < 1.29 is 10.4 Å². The predicted octanol–water partition coefficient (Wildman–Crippen LogP) is 0.968. The lowest BCUT2D eigenvalue weighted by atomic mass is 10.1. The summed E-state index contributed by atoms with van der Waals surface area (Å²) in [4.78, 5) is 1.81. The zero-order valence-corrected chi connectivity index (χ0v) is 8.04. The third-order valence-electron chi connectivity index (χ3n) is 2.20. The average Bonchev–Trinajstić information content (AvgIpc) is 3.11. The average molecular weight is 205 g/mol. The van der Waals surface area contributed by atoms with E-state index in [1.54, 1.807) is 12.1 Å². The molecule has 5 heteroatoms. The molecule has 0 radical (unpaired) electrons. The van der Waals surface area contributed by atoms with E-state index in [4.69, 9.17) is 10.4 Å². The van der Waals surface area contributed by atoms with E-state index in [-0.39, 0.29) is 5.71 Å². The van der Waals surface area contributed by atoms with E-state index in [1.165, 1.54) is 0 Å². The molecule has 0 saturated carbocycles. The van der Waals surface area contributed by atoms with Crippen molar-refractivity contribution in [3.05, 3.63) is 35.9 Å². The standard InChI is InChI=1S/C10H11N3O2/c14-11-9(8-4-2-1-3-5-8)10(12-15)13-6-7-13/h1-5,14-15H,6-7H2/b11-9-,12-10-. The minimum atomic E-state index is 0.288. The topological polar surface area (TPSA) is 68.2 Å². The van der Waals surface area contributed by atoms with Gasteiger partial charge in [-0.2, -0.15) is 0 Å². The number of hydrogen-bond acceptors (Lipinski definition) is 4. The van der Waals surface area contributed by atoms with E-state index in [9.17, 15) is 0 Å². The van der Waals surface area contributed by atoms with Crippen LogP contribution in [0.1, 0.15) is 5.56 Å². The van der Waals surface area contributed by atoms with Crippen molar-refractivity contribution in [3.8, 4) is 0 Å². The first kappa shape index (κ1) is 9.51. The van der Waals surface area contributed by atoms with Crippen molar-refractivity contribution in [2.24, 2.45) is 10.3 Å². The van der Waals surface area contributed by atoms with Gasteiger partial charge in [-0.15, -0.1) is 0 Å². The lowest BCUT2D eigenvalue weighted by Gasteiger charge is -2.07.